The van der Waals surface area contributed by atoms with E-state index in [1.54, 1.807) is 6.20 Å². The van der Waals surface area contributed by atoms with Crippen molar-refractivity contribution in [2.45, 2.75) is 0 Å². The van der Waals surface area contributed by atoms with Crippen LogP contribution in [0.4, 0.5) is 0 Å². The van der Waals surface area contributed by atoms with Crippen LogP contribution in [0.5, 0.6) is 0 Å². The van der Waals surface area contributed by atoms with Crippen molar-refractivity contribution in [2.75, 3.05) is 0 Å². The van der Waals surface area contributed by atoms with Gasteiger partial charge in [0.05, 0.1) is 0 Å². The highest BCUT2D eigenvalue weighted by atomic mass is 127. The Balaban J connectivity index is 3.13. The van der Waals surface area contributed by atoms with Crippen LogP contribution in [0.15, 0.2) is 16.9 Å². The smallest absolute Gasteiger partial charge is 0.119 e. The predicted octanol–water partition coefficient (Wildman–Crippen LogP) is 2.25. The van der Waals surface area contributed by atoms with E-state index in [4.69, 9.17) is 0 Å². The maximum Gasteiger partial charge on any atom is 0.119 e. The lowest BCUT2D eigenvalue weighted by molar-refractivity contribution is 1.25. The van der Waals surface area contributed by atoms with E-state index < -0.39 is 0 Å². The van der Waals surface area contributed by atoms with Crippen LogP contribution in [0.1, 0.15) is 0 Å². The van der Waals surface area contributed by atoms with E-state index in [1.165, 1.54) is 0 Å². The van der Waals surface area contributed by atoms with Crippen molar-refractivity contribution in [3.05, 3.63) is 26.5 Å². The fraction of sp³-hybridized carbons (Fsp3) is 0. The van der Waals surface area contributed by atoms with E-state index >= 15 is 0 Å². The summed E-state index contributed by atoms with van der Waals surface area (Å²) >= 11 is 5.44. The zero-order valence-corrected chi connectivity index (χ0v) is 7.60. The second kappa shape index (κ2) is 2.77. The summed E-state index contributed by atoms with van der Waals surface area (Å²) in [5.41, 5.74) is 0. The second-order valence-corrected chi connectivity index (χ2v) is 3.12. The monoisotopic (exact) mass is 282 g/mol. The molecule has 1 aromatic heterocycles. The minimum Gasteiger partial charge on any atom is -0.248 e. The summed E-state index contributed by atoms with van der Waals surface area (Å²) < 4.78 is 1.97. The van der Waals surface area contributed by atoms with Crippen LogP contribution in [0.25, 0.3) is 0 Å². The molecule has 0 bridgehead atoms. The first-order valence-corrected chi connectivity index (χ1v) is 3.85. The normalized spacial score (nSPS) is 9.25. The first-order chi connectivity index (χ1) is 3.80. The molecule has 0 saturated heterocycles. The lowest BCUT2D eigenvalue weighted by atomic mass is 10.5. The first-order valence-electron chi connectivity index (χ1n) is 1.98. The van der Waals surface area contributed by atoms with Crippen LogP contribution >= 0.6 is 38.5 Å². The Morgan fingerprint density at radius 2 is 2.50 bits per heavy atom. The molecule has 0 saturated carbocycles. The molecule has 0 unspecified atom stereocenters. The third-order valence-corrected chi connectivity index (χ3v) is 2.86. The Bertz CT molecular complexity index is 169. The van der Waals surface area contributed by atoms with Gasteiger partial charge in [-0.1, -0.05) is 0 Å². The molecular formula is C5H2BrIN. The number of rotatable bonds is 0. The van der Waals surface area contributed by atoms with Crippen LogP contribution in [-0.2, 0) is 0 Å². The van der Waals surface area contributed by atoms with Crippen molar-refractivity contribution < 1.29 is 0 Å². The second-order valence-electron chi connectivity index (χ2n) is 1.21. The van der Waals surface area contributed by atoms with E-state index in [0.29, 0.717) is 0 Å². The van der Waals surface area contributed by atoms with Crippen LogP contribution in [0.3, 0.4) is 0 Å². The highest BCUT2D eigenvalue weighted by Crippen LogP contribution is 2.13. The molecular weight excluding hydrogens is 281 g/mol. The van der Waals surface area contributed by atoms with Crippen molar-refractivity contribution in [1.82, 2.24) is 4.98 Å². The lowest BCUT2D eigenvalue weighted by Crippen LogP contribution is -1.76. The molecule has 0 atom stereocenters. The molecule has 1 radical (unpaired) electrons. The Morgan fingerprint density at radius 1 is 1.75 bits per heavy atom. The first kappa shape index (κ1) is 6.48. The van der Waals surface area contributed by atoms with Gasteiger partial charge in [0, 0.05) is 15.8 Å². The molecule has 0 aliphatic heterocycles. The lowest BCUT2D eigenvalue weighted by Gasteiger charge is -1.88. The molecule has 0 aliphatic rings. The molecule has 0 amide bonds. The van der Waals surface area contributed by atoms with Crippen molar-refractivity contribution in [3.8, 4) is 0 Å². The SMILES string of the molecule is Brc1nc[c]cc1I. The van der Waals surface area contributed by atoms with Crippen LogP contribution in [0.2, 0.25) is 0 Å². The van der Waals surface area contributed by atoms with Gasteiger partial charge in [-0.2, -0.15) is 0 Å². The van der Waals surface area contributed by atoms with Crippen molar-refractivity contribution in [1.29, 1.82) is 0 Å². The largest absolute Gasteiger partial charge is 0.248 e. The molecule has 0 N–H and O–H groups in total. The fourth-order valence-electron chi connectivity index (χ4n) is 0.326. The van der Waals surface area contributed by atoms with Crippen LogP contribution in [-0.4, -0.2) is 4.98 Å². The molecule has 0 spiro atoms. The summed E-state index contributed by atoms with van der Waals surface area (Å²) in [6.07, 6.45) is 1.63. The third-order valence-electron chi connectivity index (χ3n) is 0.660. The van der Waals surface area contributed by atoms with Gasteiger partial charge in [0.15, 0.2) is 0 Å². The summed E-state index contributed by atoms with van der Waals surface area (Å²) in [4.78, 5) is 3.93. The Hall–Kier alpha value is 0.360. The molecule has 0 aliphatic carbocycles. The van der Waals surface area contributed by atoms with E-state index in [0.717, 1.165) is 8.17 Å². The number of hydrogen-bond acceptors (Lipinski definition) is 1. The summed E-state index contributed by atoms with van der Waals surface area (Å²) in [5, 5.41) is 0. The van der Waals surface area contributed by atoms with Crippen LogP contribution in [0, 0.1) is 9.64 Å². The topological polar surface area (TPSA) is 12.9 Å². The maximum atomic E-state index is 3.93. The fourth-order valence-corrected chi connectivity index (χ4v) is 0.861. The number of halogens is 2. The quantitative estimate of drug-likeness (QED) is 0.525. The van der Waals surface area contributed by atoms with Gasteiger partial charge in [-0.25, -0.2) is 4.98 Å². The van der Waals surface area contributed by atoms with Gasteiger partial charge >= 0.3 is 0 Å². The van der Waals surface area contributed by atoms with Gasteiger partial charge in [0.25, 0.3) is 0 Å². The number of pyridine rings is 1. The van der Waals surface area contributed by atoms with E-state index in [2.05, 4.69) is 49.6 Å². The molecule has 1 rings (SSSR count). The van der Waals surface area contributed by atoms with Gasteiger partial charge in [0.2, 0.25) is 0 Å². The maximum absolute atomic E-state index is 3.93. The van der Waals surface area contributed by atoms with Crippen molar-refractivity contribution in [2.24, 2.45) is 0 Å². The van der Waals surface area contributed by atoms with E-state index in [1.807, 2.05) is 6.07 Å². The molecule has 0 aromatic carbocycles. The molecule has 1 aromatic rings. The zero-order chi connectivity index (χ0) is 5.98. The van der Waals surface area contributed by atoms with Crippen molar-refractivity contribution in [3.63, 3.8) is 0 Å². The molecule has 1 heterocycles. The molecule has 0 fully saturated rings. The summed E-state index contributed by atoms with van der Waals surface area (Å²) in [5.74, 6) is 0. The van der Waals surface area contributed by atoms with Gasteiger partial charge in [-0.15, -0.1) is 0 Å². The average molecular weight is 283 g/mol. The Morgan fingerprint density at radius 3 is 2.88 bits per heavy atom. The minimum atomic E-state index is 0.886. The van der Waals surface area contributed by atoms with E-state index in [9.17, 15) is 0 Å². The van der Waals surface area contributed by atoms with Crippen LogP contribution < -0.4 is 0 Å². The highest BCUT2D eigenvalue weighted by Gasteiger charge is 1.90. The van der Waals surface area contributed by atoms with Gasteiger partial charge in [0.1, 0.15) is 4.60 Å². The standard InChI is InChI=1S/C5H2BrIN/c6-5-4(7)2-1-3-8-5/h2-3H. The number of hydrogen-bond donors (Lipinski definition) is 0. The Labute approximate surface area is 69.8 Å². The molecule has 41 valence electrons. The third kappa shape index (κ3) is 1.42. The molecule has 1 nitrogen and oxygen atoms in total. The number of nitrogens with zero attached hydrogens (tertiary/aromatic N) is 1. The summed E-state index contributed by atoms with van der Waals surface area (Å²) in [7, 11) is 0. The number of aromatic nitrogens is 1. The summed E-state index contributed by atoms with van der Waals surface area (Å²) in [6.45, 7) is 0. The van der Waals surface area contributed by atoms with E-state index in [-0.39, 0.29) is 0 Å². The highest BCUT2D eigenvalue weighted by molar-refractivity contribution is 14.1. The minimum absolute atomic E-state index is 0.886. The van der Waals surface area contributed by atoms with Gasteiger partial charge in [-0.05, 0) is 44.6 Å². The summed E-state index contributed by atoms with van der Waals surface area (Å²) in [6, 6.07) is 4.73. The predicted molar refractivity (Wildman–Crippen MR) is 43.5 cm³/mol. The molecule has 3 heteroatoms. The molecule has 8 heavy (non-hydrogen) atoms. The zero-order valence-electron chi connectivity index (χ0n) is 3.86. The van der Waals surface area contributed by atoms with Gasteiger partial charge in [-0.3, -0.25) is 0 Å². The Kier molecular flexibility index (Phi) is 2.25. The van der Waals surface area contributed by atoms with Gasteiger partial charge < -0.3 is 0 Å². The average Bonchev–Trinajstić information content (AvgIpc) is 1.77. The van der Waals surface area contributed by atoms with Crippen molar-refractivity contribution >= 4 is 38.5 Å².